The van der Waals surface area contributed by atoms with Crippen molar-refractivity contribution in [3.63, 3.8) is 0 Å². The van der Waals surface area contributed by atoms with E-state index in [1.807, 2.05) is 0 Å². The molecule has 0 aliphatic carbocycles. The second kappa shape index (κ2) is 6.41. The third-order valence-electron chi connectivity index (χ3n) is 4.03. The number of carbonyl (C=O) groups is 2. The summed E-state index contributed by atoms with van der Waals surface area (Å²) < 4.78 is 10.6. The van der Waals surface area contributed by atoms with Gasteiger partial charge in [0.1, 0.15) is 5.41 Å². The molecule has 0 aromatic carbocycles. The summed E-state index contributed by atoms with van der Waals surface area (Å²) in [7, 11) is 0. The van der Waals surface area contributed by atoms with Gasteiger partial charge in [-0.05, 0) is 26.2 Å². The monoisotopic (exact) mass is 286 g/mol. The van der Waals surface area contributed by atoms with Gasteiger partial charge in [-0.25, -0.2) is 4.79 Å². The molecule has 0 saturated carbocycles. The number of urea groups is 1. The number of rotatable bonds is 5. The number of carboxylic acid groups (broad SMARTS) is 1. The molecule has 3 unspecified atom stereocenters. The van der Waals surface area contributed by atoms with Crippen LogP contribution in [0.3, 0.4) is 0 Å². The first-order valence-corrected chi connectivity index (χ1v) is 6.99. The largest absolute Gasteiger partial charge is 0.481 e. The zero-order valence-corrected chi connectivity index (χ0v) is 11.7. The highest BCUT2D eigenvalue weighted by molar-refractivity contribution is 5.79. The molecule has 0 radical (unpaired) electrons. The second-order valence-electron chi connectivity index (χ2n) is 5.61. The molecular formula is C13H22N2O5. The number of carbonyl (C=O) groups excluding carboxylic acids is 1. The minimum atomic E-state index is -1.06. The summed E-state index contributed by atoms with van der Waals surface area (Å²) in [4.78, 5) is 23.0. The Labute approximate surface area is 118 Å². The maximum atomic E-state index is 11.8. The molecule has 2 saturated heterocycles. The SMILES string of the molecule is CC1(C(=O)O)COCC1NC(=O)NCCC1CCCO1. The van der Waals surface area contributed by atoms with Gasteiger partial charge in [-0.2, -0.15) is 0 Å². The lowest BCUT2D eigenvalue weighted by atomic mass is 9.85. The van der Waals surface area contributed by atoms with Gasteiger partial charge in [0.15, 0.2) is 0 Å². The van der Waals surface area contributed by atoms with Gasteiger partial charge in [-0.3, -0.25) is 4.79 Å². The highest BCUT2D eigenvalue weighted by Crippen LogP contribution is 2.28. The molecule has 114 valence electrons. The number of hydrogen-bond donors (Lipinski definition) is 3. The lowest BCUT2D eigenvalue weighted by Gasteiger charge is -2.25. The van der Waals surface area contributed by atoms with E-state index in [1.54, 1.807) is 6.92 Å². The maximum absolute atomic E-state index is 11.8. The molecule has 2 aliphatic rings. The van der Waals surface area contributed by atoms with E-state index in [9.17, 15) is 14.7 Å². The molecule has 0 bridgehead atoms. The molecule has 0 spiro atoms. The van der Waals surface area contributed by atoms with Crippen LogP contribution in [0.5, 0.6) is 0 Å². The standard InChI is InChI=1S/C13H22N2O5/c1-13(11(16)17)8-19-7-10(13)15-12(18)14-5-4-9-3-2-6-20-9/h9-10H,2-8H2,1H3,(H,16,17)(H2,14,15,18). The van der Waals surface area contributed by atoms with E-state index in [-0.39, 0.29) is 25.3 Å². The summed E-state index contributed by atoms with van der Waals surface area (Å²) >= 11 is 0. The number of nitrogens with one attached hydrogen (secondary N) is 2. The number of aliphatic carboxylic acids is 1. The number of hydrogen-bond acceptors (Lipinski definition) is 4. The van der Waals surface area contributed by atoms with Crippen molar-refractivity contribution in [2.24, 2.45) is 5.41 Å². The Morgan fingerprint density at radius 3 is 2.90 bits per heavy atom. The number of ether oxygens (including phenoxy) is 2. The van der Waals surface area contributed by atoms with Crippen molar-refractivity contribution >= 4 is 12.0 Å². The van der Waals surface area contributed by atoms with Crippen molar-refractivity contribution in [2.75, 3.05) is 26.4 Å². The molecule has 7 nitrogen and oxygen atoms in total. The third kappa shape index (κ3) is 3.40. The molecule has 2 heterocycles. The summed E-state index contributed by atoms with van der Waals surface area (Å²) in [5.74, 6) is -0.959. The van der Waals surface area contributed by atoms with Gasteiger partial charge in [-0.15, -0.1) is 0 Å². The smallest absolute Gasteiger partial charge is 0.315 e. The Bertz CT molecular complexity index is 370. The molecule has 2 amide bonds. The van der Waals surface area contributed by atoms with Crippen molar-refractivity contribution in [2.45, 2.75) is 38.3 Å². The molecule has 2 fully saturated rings. The van der Waals surface area contributed by atoms with Crippen LogP contribution in [0, 0.1) is 5.41 Å². The maximum Gasteiger partial charge on any atom is 0.315 e. The average molecular weight is 286 g/mol. The highest BCUT2D eigenvalue weighted by atomic mass is 16.5. The first kappa shape index (κ1) is 15.1. The highest BCUT2D eigenvalue weighted by Gasteiger charge is 2.47. The van der Waals surface area contributed by atoms with Crippen LogP contribution in [0.15, 0.2) is 0 Å². The van der Waals surface area contributed by atoms with E-state index < -0.39 is 17.4 Å². The van der Waals surface area contributed by atoms with Crippen molar-refractivity contribution in [1.29, 1.82) is 0 Å². The van der Waals surface area contributed by atoms with Gasteiger partial charge >= 0.3 is 12.0 Å². The summed E-state index contributed by atoms with van der Waals surface area (Å²) in [6.07, 6.45) is 3.13. The van der Waals surface area contributed by atoms with Crippen molar-refractivity contribution in [3.05, 3.63) is 0 Å². The van der Waals surface area contributed by atoms with Crippen LogP contribution in [0.2, 0.25) is 0 Å². The number of carboxylic acids is 1. The Balaban J connectivity index is 1.72. The van der Waals surface area contributed by atoms with Gasteiger partial charge in [0.2, 0.25) is 0 Å². The van der Waals surface area contributed by atoms with Gasteiger partial charge in [0.05, 0.1) is 25.4 Å². The van der Waals surface area contributed by atoms with Crippen molar-refractivity contribution in [1.82, 2.24) is 10.6 Å². The van der Waals surface area contributed by atoms with Gasteiger partial charge < -0.3 is 25.2 Å². The van der Waals surface area contributed by atoms with E-state index in [1.165, 1.54) is 0 Å². The fourth-order valence-electron chi connectivity index (χ4n) is 2.51. The summed E-state index contributed by atoms with van der Waals surface area (Å²) in [5.41, 5.74) is -1.06. The minimum Gasteiger partial charge on any atom is -0.481 e. The molecule has 3 atom stereocenters. The fraction of sp³-hybridized carbons (Fsp3) is 0.846. The Morgan fingerprint density at radius 1 is 1.45 bits per heavy atom. The summed E-state index contributed by atoms with van der Waals surface area (Å²) in [6.45, 7) is 3.24. The fourth-order valence-corrected chi connectivity index (χ4v) is 2.51. The van der Waals surface area contributed by atoms with Crippen LogP contribution in [-0.2, 0) is 14.3 Å². The molecule has 7 heteroatoms. The van der Waals surface area contributed by atoms with Crippen LogP contribution in [0.1, 0.15) is 26.2 Å². The van der Waals surface area contributed by atoms with E-state index in [4.69, 9.17) is 9.47 Å². The summed E-state index contributed by atoms with van der Waals surface area (Å²) in [5, 5.41) is 14.6. The predicted octanol–water partition coefficient (Wildman–Crippen LogP) is 0.344. The zero-order chi connectivity index (χ0) is 14.6. The van der Waals surface area contributed by atoms with Crippen LogP contribution in [0.4, 0.5) is 4.79 Å². The molecule has 2 rings (SSSR count). The summed E-state index contributed by atoms with van der Waals surface area (Å²) in [6, 6.07) is -0.867. The van der Waals surface area contributed by atoms with Gasteiger partial charge in [0.25, 0.3) is 0 Å². The predicted molar refractivity (Wildman–Crippen MR) is 70.5 cm³/mol. The molecule has 20 heavy (non-hydrogen) atoms. The zero-order valence-electron chi connectivity index (χ0n) is 11.7. The topological polar surface area (TPSA) is 96.9 Å². The normalized spacial score (nSPS) is 33.0. The lowest BCUT2D eigenvalue weighted by Crippen LogP contribution is -2.52. The Kier molecular flexibility index (Phi) is 4.82. The van der Waals surface area contributed by atoms with E-state index in [0.717, 1.165) is 25.9 Å². The Hall–Kier alpha value is -1.34. The minimum absolute atomic E-state index is 0.114. The van der Waals surface area contributed by atoms with E-state index in [0.29, 0.717) is 6.54 Å². The van der Waals surface area contributed by atoms with E-state index in [2.05, 4.69) is 10.6 Å². The van der Waals surface area contributed by atoms with Crippen molar-refractivity contribution in [3.8, 4) is 0 Å². The molecule has 0 aromatic heterocycles. The van der Waals surface area contributed by atoms with Crippen LogP contribution < -0.4 is 10.6 Å². The molecule has 0 aromatic rings. The average Bonchev–Trinajstić information content (AvgIpc) is 3.01. The molecule has 2 aliphatic heterocycles. The lowest BCUT2D eigenvalue weighted by molar-refractivity contribution is -0.148. The quantitative estimate of drug-likeness (QED) is 0.677. The molecular weight excluding hydrogens is 264 g/mol. The van der Waals surface area contributed by atoms with Crippen molar-refractivity contribution < 1.29 is 24.2 Å². The first-order valence-electron chi connectivity index (χ1n) is 6.99. The van der Waals surface area contributed by atoms with Crippen LogP contribution in [-0.4, -0.2) is 55.6 Å². The van der Waals surface area contributed by atoms with Crippen LogP contribution in [0.25, 0.3) is 0 Å². The van der Waals surface area contributed by atoms with E-state index >= 15 is 0 Å². The van der Waals surface area contributed by atoms with Gasteiger partial charge in [-0.1, -0.05) is 0 Å². The van der Waals surface area contributed by atoms with Gasteiger partial charge in [0, 0.05) is 13.2 Å². The van der Waals surface area contributed by atoms with Crippen LogP contribution >= 0.6 is 0 Å². The number of amides is 2. The first-order chi connectivity index (χ1) is 9.52. The second-order valence-corrected chi connectivity index (χ2v) is 5.61. The Morgan fingerprint density at radius 2 is 2.25 bits per heavy atom. The molecule has 3 N–H and O–H groups in total. The third-order valence-corrected chi connectivity index (χ3v) is 4.03.